The highest BCUT2D eigenvalue weighted by atomic mass is 16.5. The number of carbonyl (C=O) groups is 1. The number of ether oxygens (including phenoxy) is 1. The quantitative estimate of drug-likeness (QED) is 0.542. The highest BCUT2D eigenvalue weighted by molar-refractivity contribution is 5.77. The molecule has 5 nitrogen and oxygen atoms in total. The number of aromatic nitrogens is 2. The van der Waals surface area contributed by atoms with Crippen LogP contribution in [0.3, 0.4) is 0 Å². The molecular weight excluding hydrogens is 158 g/mol. The zero-order chi connectivity index (χ0) is 8.39. The zero-order valence-electron chi connectivity index (χ0n) is 6.30. The van der Waals surface area contributed by atoms with Crippen molar-refractivity contribution in [1.29, 1.82) is 0 Å². The molecule has 0 aromatic carbocycles. The average Bonchev–Trinajstić information content (AvgIpc) is 2.17. The minimum Gasteiger partial charge on any atom is -0.474 e. The normalized spacial score (nSPS) is 14.8. The van der Waals surface area contributed by atoms with Crippen LogP contribution in [0.4, 0.5) is 5.69 Å². The van der Waals surface area contributed by atoms with Crippen molar-refractivity contribution >= 4 is 12.1 Å². The maximum absolute atomic E-state index is 10.5. The smallest absolute Gasteiger partial charge is 0.241 e. The van der Waals surface area contributed by atoms with Crippen molar-refractivity contribution in [3.05, 3.63) is 12.5 Å². The zero-order valence-corrected chi connectivity index (χ0v) is 6.30. The third-order valence-electron chi connectivity index (χ3n) is 1.67. The van der Waals surface area contributed by atoms with Gasteiger partial charge >= 0.3 is 0 Å². The van der Waals surface area contributed by atoms with Crippen LogP contribution < -0.4 is 9.64 Å². The van der Waals surface area contributed by atoms with E-state index in [4.69, 9.17) is 4.74 Å². The highest BCUT2D eigenvalue weighted by Gasteiger charge is 2.17. The Morgan fingerprint density at radius 1 is 1.67 bits per heavy atom. The fourth-order valence-corrected chi connectivity index (χ4v) is 1.09. The summed E-state index contributed by atoms with van der Waals surface area (Å²) < 4.78 is 5.20. The van der Waals surface area contributed by atoms with E-state index in [1.54, 1.807) is 6.20 Å². The number of hydrogen-bond donors (Lipinski definition) is 0. The van der Waals surface area contributed by atoms with Crippen LogP contribution >= 0.6 is 0 Å². The summed E-state index contributed by atoms with van der Waals surface area (Å²) in [6.45, 7) is 1.05. The first-order valence-corrected chi connectivity index (χ1v) is 3.56. The van der Waals surface area contributed by atoms with E-state index in [1.807, 2.05) is 0 Å². The van der Waals surface area contributed by atoms with Gasteiger partial charge in [0.1, 0.15) is 18.6 Å². The van der Waals surface area contributed by atoms with Gasteiger partial charge in [-0.1, -0.05) is 0 Å². The summed E-state index contributed by atoms with van der Waals surface area (Å²) >= 11 is 0. The number of amides is 1. The molecule has 0 saturated heterocycles. The second-order valence-corrected chi connectivity index (χ2v) is 2.36. The summed E-state index contributed by atoms with van der Waals surface area (Å²) in [7, 11) is 0. The van der Waals surface area contributed by atoms with Gasteiger partial charge < -0.3 is 9.64 Å². The molecule has 0 saturated carbocycles. The summed E-state index contributed by atoms with van der Waals surface area (Å²) in [4.78, 5) is 19.8. The number of anilines is 1. The van der Waals surface area contributed by atoms with E-state index in [2.05, 4.69) is 9.97 Å². The summed E-state index contributed by atoms with van der Waals surface area (Å²) in [6.07, 6.45) is 3.72. The Kier molecular flexibility index (Phi) is 1.62. The first kappa shape index (κ1) is 7.02. The second kappa shape index (κ2) is 2.77. The molecule has 1 aliphatic rings. The van der Waals surface area contributed by atoms with Crippen molar-refractivity contribution in [1.82, 2.24) is 9.97 Å². The molecule has 0 radical (unpaired) electrons. The van der Waals surface area contributed by atoms with Gasteiger partial charge in [0.25, 0.3) is 0 Å². The SMILES string of the molecule is O=CN1CCOc2ncncc21. The van der Waals surface area contributed by atoms with E-state index in [9.17, 15) is 4.79 Å². The van der Waals surface area contributed by atoms with Gasteiger partial charge in [-0.3, -0.25) is 4.79 Å². The topological polar surface area (TPSA) is 55.3 Å². The Labute approximate surface area is 69.0 Å². The van der Waals surface area contributed by atoms with E-state index >= 15 is 0 Å². The van der Waals surface area contributed by atoms with Crippen LogP contribution in [-0.4, -0.2) is 29.5 Å². The molecular formula is C7H7N3O2. The van der Waals surface area contributed by atoms with Crippen molar-refractivity contribution in [2.24, 2.45) is 0 Å². The molecule has 12 heavy (non-hydrogen) atoms. The Morgan fingerprint density at radius 3 is 3.42 bits per heavy atom. The van der Waals surface area contributed by atoms with Crippen LogP contribution in [0.25, 0.3) is 0 Å². The van der Waals surface area contributed by atoms with Gasteiger partial charge in [-0.15, -0.1) is 0 Å². The van der Waals surface area contributed by atoms with Gasteiger partial charge in [0.05, 0.1) is 12.7 Å². The van der Waals surface area contributed by atoms with Crippen LogP contribution in [0.2, 0.25) is 0 Å². The fourth-order valence-electron chi connectivity index (χ4n) is 1.09. The van der Waals surface area contributed by atoms with Gasteiger partial charge in [-0.2, -0.15) is 4.98 Å². The van der Waals surface area contributed by atoms with Crippen molar-refractivity contribution in [2.45, 2.75) is 0 Å². The third-order valence-corrected chi connectivity index (χ3v) is 1.67. The lowest BCUT2D eigenvalue weighted by atomic mass is 10.4. The van der Waals surface area contributed by atoms with E-state index in [0.29, 0.717) is 24.7 Å². The molecule has 0 atom stereocenters. The molecule has 2 heterocycles. The molecule has 1 aromatic heterocycles. The van der Waals surface area contributed by atoms with Crippen molar-refractivity contribution in [3.63, 3.8) is 0 Å². The second-order valence-electron chi connectivity index (χ2n) is 2.36. The standard InChI is InChI=1S/C7H7N3O2/c11-5-10-1-2-12-7-6(10)3-8-4-9-7/h3-5H,1-2H2. The van der Waals surface area contributed by atoms with Crippen molar-refractivity contribution in [3.8, 4) is 5.88 Å². The molecule has 1 amide bonds. The van der Waals surface area contributed by atoms with Gasteiger partial charge in [-0.25, -0.2) is 4.98 Å². The van der Waals surface area contributed by atoms with Crippen LogP contribution in [0.1, 0.15) is 0 Å². The lowest BCUT2D eigenvalue weighted by Crippen LogP contribution is -2.31. The average molecular weight is 165 g/mol. The van der Waals surface area contributed by atoms with Crippen molar-refractivity contribution in [2.75, 3.05) is 18.1 Å². The van der Waals surface area contributed by atoms with E-state index in [1.165, 1.54) is 11.2 Å². The highest BCUT2D eigenvalue weighted by Crippen LogP contribution is 2.25. The van der Waals surface area contributed by atoms with E-state index in [-0.39, 0.29) is 0 Å². The molecule has 0 unspecified atom stereocenters. The molecule has 5 heteroatoms. The number of fused-ring (bicyclic) bond motifs is 1. The van der Waals surface area contributed by atoms with Crippen LogP contribution in [0.15, 0.2) is 12.5 Å². The minimum absolute atomic E-state index is 0.475. The van der Waals surface area contributed by atoms with Crippen LogP contribution in [0, 0.1) is 0 Å². The van der Waals surface area contributed by atoms with Gasteiger partial charge in [-0.05, 0) is 0 Å². The van der Waals surface area contributed by atoms with E-state index in [0.717, 1.165) is 6.41 Å². The largest absolute Gasteiger partial charge is 0.474 e. The number of hydrogen-bond acceptors (Lipinski definition) is 4. The molecule has 1 aromatic rings. The molecule has 0 fully saturated rings. The Balaban J connectivity index is 2.43. The lowest BCUT2D eigenvalue weighted by molar-refractivity contribution is -0.107. The molecule has 0 spiro atoms. The van der Waals surface area contributed by atoms with Gasteiger partial charge in [0, 0.05) is 0 Å². The summed E-state index contributed by atoms with van der Waals surface area (Å²) in [5, 5.41) is 0. The molecule has 62 valence electrons. The number of rotatable bonds is 1. The summed E-state index contributed by atoms with van der Waals surface area (Å²) in [6, 6.07) is 0. The molecule has 0 N–H and O–H groups in total. The maximum atomic E-state index is 10.5. The predicted octanol–water partition coefficient (Wildman–Crippen LogP) is -0.168. The monoisotopic (exact) mass is 165 g/mol. The maximum Gasteiger partial charge on any atom is 0.241 e. The molecule has 0 bridgehead atoms. The first-order chi connectivity index (χ1) is 5.92. The molecule has 2 rings (SSSR count). The lowest BCUT2D eigenvalue weighted by Gasteiger charge is -2.23. The Morgan fingerprint density at radius 2 is 2.58 bits per heavy atom. The van der Waals surface area contributed by atoms with E-state index < -0.39 is 0 Å². The molecule has 1 aliphatic heterocycles. The van der Waals surface area contributed by atoms with Crippen LogP contribution in [0.5, 0.6) is 5.88 Å². The summed E-state index contributed by atoms with van der Waals surface area (Å²) in [5.74, 6) is 0.475. The number of carbonyl (C=O) groups excluding carboxylic acids is 1. The first-order valence-electron chi connectivity index (χ1n) is 3.56. The number of nitrogens with zero attached hydrogens (tertiary/aromatic N) is 3. The van der Waals surface area contributed by atoms with Crippen molar-refractivity contribution < 1.29 is 9.53 Å². The van der Waals surface area contributed by atoms with Gasteiger partial charge in [0.15, 0.2) is 0 Å². The third kappa shape index (κ3) is 0.990. The molecule has 0 aliphatic carbocycles. The minimum atomic E-state index is 0.475. The van der Waals surface area contributed by atoms with Gasteiger partial charge in [0.2, 0.25) is 12.3 Å². The Bertz CT molecular complexity index is 302. The summed E-state index contributed by atoms with van der Waals surface area (Å²) in [5.41, 5.74) is 0.638. The fraction of sp³-hybridized carbons (Fsp3) is 0.286. The predicted molar refractivity (Wildman–Crippen MR) is 40.9 cm³/mol. The van der Waals surface area contributed by atoms with Crippen LogP contribution in [-0.2, 0) is 4.79 Å². The Hall–Kier alpha value is -1.65.